The van der Waals surface area contributed by atoms with Crippen molar-refractivity contribution in [2.75, 3.05) is 26.2 Å². The van der Waals surface area contributed by atoms with Gasteiger partial charge in [0.2, 0.25) is 11.8 Å². The number of hydrogen-bond acceptors (Lipinski definition) is 5. The maximum absolute atomic E-state index is 12.6. The zero-order valence-electron chi connectivity index (χ0n) is 17.6. The topological polar surface area (TPSA) is 119 Å². The van der Waals surface area contributed by atoms with Crippen molar-refractivity contribution in [1.29, 1.82) is 0 Å². The van der Waals surface area contributed by atoms with E-state index in [2.05, 4.69) is 10.6 Å². The number of aliphatic carboxylic acids is 1. The first-order chi connectivity index (χ1) is 14.3. The number of piperidine rings is 2. The van der Waals surface area contributed by atoms with E-state index in [0.717, 1.165) is 38.4 Å². The fourth-order valence-corrected chi connectivity index (χ4v) is 4.00. The SMILES string of the molecule is CC(=O)O.O=C(CCCN1CCCCC1=O)N[C@@]1(c2ccccc2)CCNC[C@H]1O. The second kappa shape index (κ2) is 11.7. The van der Waals surface area contributed by atoms with Crippen molar-refractivity contribution < 1.29 is 24.6 Å². The number of carbonyl (C=O) groups excluding carboxylic acids is 2. The summed E-state index contributed by atoms with van der Waals surface area (Å²) < 4.78 is 0. The van der Waals surface area contributed by atoms with Gasteiger partial charge in [0.1, 0.15) is 0 Å². The molecular formula is C22H33N3O5. The van der Waals surface area contributed by atoms with Gasteiger partial charge < -0.3 is 25.7 Å². The third-order valence-electron chi connectivity index (χ3n) is 5.51. The first kappa shape index (κ1) is 23.8. The van der Waals surface area contributed by atoms with E-state index in [1.165, 1.54) is 0 Å². The van der Waals surface area contributed by atoms with E-state index in [9.17, 15) is 14.7 Å². The van der Waals surface area contributed by atoms with Crippen LogP contribution in [0.4, 0.5) is 0 Å². The minimum atomic E-state index is -0.833. The predicted octanol–water partition coefficient (Wildman–Crippen LogP) is 1.24. The van der Waals surface area contributed by atoms with Crippen LogP contribution in [0.25, 0.3) is 0 Å². The molecule has 0 aromatic heterocycles. The molecule has 0 saturated carbocycles. The Morgan fingerprint density at radius 1 is 1.27 bits per heavy atom. The molecule has 0 unspecified atom stereocenters. The summed E-state index contributed by atoms with van der Waals surface area (Å²) in [5.41, 5.74) is 0.193. The monoisotopic (exact) mass is 419 g/mol. The van der Waals surface area contributed by atoms with Crippen LogP contribution in [-0.4, -0.2) is 65.2 Å². The van der Waals surface area contributed by atoms with Crippen molar-refractivity contribution in [2.24, 2.45) is 0 Å². The quantitative estimate of drug-likeness (QED) is 0.551. The normalized spacial score (nSPS) is 23.9. The van der Waals surface area contributed by atoms with Gasteiger partial charge in [-0.2, -0.15) is 0 Å². The number of hydrogen-bond donors (Lipinski definition) is 4. The summed E-state index contributed by atoms with van der Waals surface area (Å²) in [7, 11) is 0. The molecule has 1 aromatic rings. The number of β-amino-alcohol motifs (C(OH)–C–C–N with tert-alkyl or cyclic N) is 1. The van der Waals surface area contributed by atoms with Gasteiger partial charge in [-0.1, -0.05) is 30.3 Å². The van der Waals surface area contributed by atoms with Crippen molar-refractivity contribution in [3.8, 4) is 0 Å². The lowest BCUT2D eigenvalue weighted by Gasteiger charge is -2.43. The molecule has 2 fully saturated rings. The fraction of sp³-hybridized carbons (Fsp3) is 0.591. The number of carboxylic acid groups (broad SMARTS) is 1. The Morgan fingerprint density at radius 2 is 1.97 bits per heavy atom. The molecule has 3 rings (SSSR count). The first-order valence-corrected chi connectivity index (χ1v) is 10.6. The third kappa shape index (κ3) is 6.81. The Bertz CT molecular complexity index is 708. The maximum Gasteiger partial charge on any atom is 0.300 e. The number of carbonyl (C=O) groups is 3. The zero-order valence-corrected chi connectivity index (χ0v) is 17.6. The predicted molar refractivity (Wildman–Crippen MR) is 113 cm³/mol. The Labute approximate surface area is 177 Å². The molecule has 0 bridgehead atoms. The zero-order chi connectivity index (χ0) is 22.0. The smallest absolute Gasteiger partial charge is 0.300 e. The van der Waals surface area contributed by atoms with Crippen LogP contribution in [-0.2, 0) is 19.9 Å². The number of nitrogens with one attached hydrogen (secondary N) is 2. The summed E-state index contributed by atoms with van der Waals surface area (Å²) in [6.07, 6.45) is 3.63. The average Bonchev–Trinajstić information content (AvgIpc) is 2.71. The van der Waals surface area contributed by atoms with Crippen molar-refractivity contribution in [3.05, 3.63) is 35.9 Å². The molecule has 30 heavy (non-hydrogen) atoms. The average molecular weight is 420 g/mol. The highest BCUT2D eigenvalue weighted by Gasteiger charge is 2.42. The van der Waals surface area contributed by atoms with Gasteiger partial charge in [-0.25, -0.2) is 0 Å². The number of benzene rings is 1. The summed E-state index contributed by atoms with van der Waals surface area (Å²) in [6, 6.07) is 9.71. The second-order valence-corrected chi connectivity index (χ2v) is 7.82. The van der Waals surface area contributed by atoms with E-state index in [1.807, 2.05) is 35.2 Å². The maximum atomic E-state index is 12.6. The summed E-state index contributed by atoms with van der Waals surface area (Å²) in [5, 5.41) is 24.4. The summed E-state index contributed by atoms with van der Waals surface area (Å²) in [5.74, 6) is -0.703. The molecule has 1 aromatic carbocycles. The highest BCUT2D eigenvalue weighted by Crippen LogP contribution is 2.31. The van der Waals surface area contributed by atoms with Crippen molar-refractivity contribution in [2.45, 2.75) is 57.1 Å². The van der Waals surface area contributed by atoms with Gasteiger partial charge in [0, 0.05) is 39.4 Å². The molecule has 8 heteroatoms. The molecule has 8 nitrogen and oxygen atoms in total. The Balaban J connectivity index is 0.000000735. The molecule has 0 aliphatic carbocycles. The largest absolute Gasteiger partial charge is 0.481 e. The number of rotatable bonds is 6. The lowest BCUT2D eigenvalue weighted by atomic mass is 9.79. The highest BCUT2D eigenvalue weighted by molar-refractivity contribution is 5.78. The second-order valence-electron chi connectivity index (χ2n) is 7.82. The van der Waals surface area contributed by atoms with Crippen LogP contribution in [0.15, 0.2) is 30.3 Å². The molecule has 166 valence electrons. The van der Waals surface area contributed by atoms with Crippen molar-refractivity contribution in [1.82, 2.24) is 15.5 Å². The van der Waals surface area contributed by atoms with Gasteiger partial charge in [0.25, 0.3) is 5.97 Å². The highest BCUT2D eigenvalue weighted by atomic mass is 16.4. The van der Waals surface area contributed by atoms with Crippen LogP contribution >= 0.6 is 0 Å². The summed E-state index contributed by atoms with van der Waals surface area (Å²) >= 11 is 0. The van der Waals surface area contributed by atoms with Gasteiger partial charge in [-0.05, 0) is 37.8 Å². The minimum absolute atomic E-state index is 0.0701. The molecule has 4 N–H and O–H groups in total. The van der Waals surface area contributed by atoms with Crippen molar-refractivity contribution in [3.63, 3.8) is 0 Å². The molecule has 0 radical (unpaired) electrons. The van der Waals surface area contributed by atoms with Gasteiger partial charge in [-0.15, -0.1) is 0 Å². The van der Waals surface area contributed by atoms with Crippen molar-refractivity contribution >= 4 is 17.8 Å². The van der Waals surface area contributed by atoms with Crippen LogP contribution < -0.4 is 10.6 Å². The molecule has 0 spiro atoms. The summed E-state index contributed by atoms with van der Waals surface area (Å²) in [6.45, 7) is 3.72. The lowest BCUT2D eigenvalue weighted by Crippen LogP contribution is -2.61. The number of carboxylic acids is 1. The van der Waals surface area contributed by atoms with E-state index in [4.69, 9.17) is 9.90 Å². The number of likely N-dealkylation sites (tertiary alicyclic amines) is 1. The molecule has 2 aliphatic rings. The third-order valence-corrected chi connectivity index (χ3v) is 5.51. The van der Waals surface area contributed by atoms with Crippen LogP contribution in [0, 0.1) is 0 Å². The first-order valence-electron chi connectivity index (χ1n) is 10.6. The van der Waals surface area contributed by atoms with Crippen LogP contribution in [0.5, 0.6) is 0 Å². The summed E-state index contributed by atoms with van der Waals surface area (Å²) in [4.78, 5) is 35.3. The minimum Gasteiger partial charge on any atom is -0.481 e. The van der Waals surface area contributed by atoms with Crippen LogP contribution in [0.3, 0.4) is 0 Å². The molecule has 2 atom stereocenters. The molecule has 2 saturated heterocycles. The van der Waals surface area contributed by atoms with E-state index >= 15 is 0 Å². The van der Waals surface area contributed by atoms with E-state index in [0.29, 0.717) is 38.8 Å². The van der Waals surface area contributed by atoms with Gasteiger partial charge >= 0.3 is 0 Å². The molecule has 2 aliphatic heterocycles. The van der Waals surface area contributed by atoms with E-state index in [1.54, 1.807) is 0 Å². The van der Waals surface area contributed by atoms with Gasteiger partial charge in [0.15, 0.2) is 0 Å². The van der Waals surface area contributed by atoms with Gasteiger partial charge in [-0.3, -0.25) is 14.4 Å². The Kier molecular flexibility index (Phi) is 9.26. The number of nitrogens with zero attached hydrogens (tertiary/aromatic N) is 1. The van der Waals surface area contributed by atoms with Gasteiger partial charge in [0.05, 0.1) is 11.6 Å². The number of aliphatic hydroxyl groups excluding tert-OH is 1. The Hall–Kier alpha value is -2.45. The fourth-order valence-electron chi connectivity index (χ4n) is 4.00. The Morgan fingerprint density at radius 3 is 2.60 bits per heavy atom. The standard InChI is InChI=1S/C20H29N3O3.C2H4O2/c24-17-15-21-12-11-20(17,16-7-2-1-3-8-16)22-18(25)9-6-14-23-13-5-4-10-19(23)26;1-2(3)4/h1-3,7-8,17,21,24H,4-6,9-15H2,(H,22,25);1H3,(H,3,4)/t17-,20-;/m1./s1. The molecule has 2 heterocycles. The number of amides is 2. The van der Waals surface area contributed by atoms with E-state index < -0.39 is 17.6 Å². The molecular weight excluding hydrogens is 386 g/mol. The number of aliphatic hydroxyl groups is 1. The lowest BCUT2D eigenvalue weighted by molar-refractivity contribution is -0.135. The van der Waals surface area contributed by atoms with Crippen LogP contribution in [0.2, 0.25) is 0 Å². The molecule has 2 amide bonds. The van der Waals surface area contributed by atoms with E-state index in [-0.39, 0.29) is 11.8 Å². The van der Waals surface area contributed by atoms with Crippen LogP contribution in [0.1, 0.15) is 51.0 Å².